The number of methoxy groups -OCH3 is 5. The lowest BCUT2D eigenvalue weighted by Crippen LogP contribution is -2.51. The molecule has 4 aliphatic carbocycles. The number of carbonyl (C=O) groups excluding carboxylic acids is 4. The van der Waals surface area contributed by atoms with Gasteiger partial charge in [-0.2, -0.15) is 38.5 Å². The van der Waals surface area contributed by atoms with Crippen molar-refractivity contribution in [3.63, 3.8) is 0 Å². The van der Waals surface area contributed by atoms with Crippen LogP contribution in [0.4, 0.5) is 23.3 Å². The molecule has 24 rings (SSSR count). The Bertz CT molecular complexity index is 6950. The number of hydrogen-bond acceptors (Lipinski definition) is 32. The number of carbonyl (C=O) groups is 4. The normalized spacial score (nSPS) is 24.0. The zero-order chi connectivity index (χ0) is 100.0. The zero-order valence-corrected chi connectivity index (χ0v) is 81.8. The molecule has 0 aromatic carbocycles. The first-order valence-electron chi connectivity index (χ1n) is 49.2. The van der Waals surface area contributed by atoms with Gasteiger partial charge >= 0.3 is 0 Å². The van der Waals surface area contributed by atoms with Crippen LogP contribution < -0.4 is 42.5 Å². The van der Waals surface area contributed by atoms with E-state index < -0.39 is 18.3 Å². The van der Waals surface area contributed by atoms with Crippen LogP contribution in [0.5, 0.6) is 0 Å². The highest BCUT2D eigenvalue weighted by Gasteiger charge is 2.41. The Labute approximate surface area is 831 Å². The van der Waals surface area contributed by atoms with Gasteiger partial charge in [-0.25, -0.2) is 39.9 Å². The molecule has 758 valence electrons. The Kier molecular flexibility index (Phi) is 28.0. The molecule has 16 aromatic heterocycles. The first-order valence-corrected chi connectivity index (χ1v) is 49.2. The summed E-state index contributed by atoms with van der Waals surface area (Å²) in [7, 11) is 15.6. The average molecular weight is 1980 g/mol. The molecular formula is C101H118N28O16. The van der Waals surface area contributed by atoms with E-state index in [4.69, 9.17) is 67.6 Å². The van der Waals surface area contributed by atoms with Gasteiger partial charge < -0.3 is 119 Å². The first kappa shape index (κ1) is 96.9. The van der Waals surface area contributed by atoms with E-state index in [1.165, 1.54) is 0 Å². The molecule has 0 spiro atoms. The van der Waals surface area contributed by atoms with Crippen LogP contribution in [0.1, 0.15) is 143 Å². The van der Waals surface area contributed by atoms with Gasteiger partial charge in [0.1, 0.15) is 74.2 Å². The van der Waals surface area contributed by atoms with Crippen molar-refractivity contribution in [3.8, 4) is 45.0 Å². The lowest BCUT2D eigenvalue weighted by molar-refractivity contribution is -0.0592. The van der Waals surface area contributed by atoms with Crippen LogP contribution in [0, 0.1) is 0 Å². The monoisotopic (exact) mass is 1980 g/mol. The number of amides is 4. The molecule has 0 radical (unpaired) electrons. The topological polar surface area (TPSA) is 500 Å². The van der Waals surface area contributed by atoms with Crippen LogP contribution in [-0.4, -0.2) is 325 Å². The maximum Gasteiger partial charge on any atom is 0.257 e. The molecule has 145 heavy (non-hydrogen) atoms. The lowest BCUT2D eigenvalue weighted by atomic mass is 9.89. The maximum absolute atomic E-state index is 13.2. The molecule has 4 saturated heterocycles. The second-order valence-electron chi connectivity index (χ2n) is 37.5. The number of ether oxygens (including phenoxy) is 9. The molecule has 2 unspecified atom stereocenters. The SMILES string of the molecule is CNc1cc(-c2cn([C@@H]3CCOC[C@H]3OC)c3ncccc23)nc2c(C(=O)NC3CC[C@@H]3OC)cnn12.CNc1cc(-c2cn([C@H]3CCOC[C@@H]3O)c3ncccc23)nc2c(C(=O)NC3CC[C@@H]3OC)cnn12.CNc1cc(-c2cn([C@H]3CCOC[C@@H]3O)c3ncccc23)nc2c(C(=O)N[C@@H]3CC[C@H]3OC)cnn12.CNc1cc(-c2cn([C@H]3CCOC[C@@H]3O)c3ncccc23)nc2c(C(=O)N[C@H]3CC[C@@H]3OC)cnn12. The third-order valence-corrected chi connectivity index (χ3v) is 29.5. The van der Waals surface area contributed by atoms with E-state index in [2.05, 4.69) is 88.6 Å². The molecule has 20 heterocycles. The van der Waals surface area contributed by atoms with E-state index in [0.717, 1.165) is 136 Å². The smallest absolute Gasteiger partial charge is 0.257 e. The first-order chi connectivity index (χ1) is 70.9. The number of rotatable bonds is 25. The predicted octanol–water partition coefficient (Wildman–Crippen LogP) is 8.72. The molecule has 4 amide bonds. The summed E-state index contributed by atoms with van der Waals surface area (Å²) in [6, 6.07) is 22.9. The van der Waals surface area contributed by atoms with Gasteiger partial charge in [-0.15, -0.1) is 0 Å². The minimum Gasteiger partial charge on any atom is -0.389 e. The third-order valence-electron chi connectivity index (χ3n) is 29.5. The molecule has 8 aliphatic rings. The highest BCUT2D eigenvalue weighted by molar-refractivity contribution is 6.05. The fourth-order valence-electron chi connectivity index (χ4n) is 20.9. The Morgan fingerprint density at radius 3 is 0.786 bits per heavy atom. The number of fused-ring (bicyclic) bond motifs is 8. The Morgan fingerprint density at radius 2 is 0.559 bits per heavy atom. The van der Waals surface area contributed by atoms with Crippen molar-refractivity contribution in [1.29, 1.82) is 0 Å². The van der Waals surface area contributed by atoms with Gasteiger partial charge in [0.05, 0.1) is 165 Å². The predicted molar refractivity (Wildman–Crippen MR) is 537 cm³/mol. The van der Waals surface area contributed by atoms with Crippen molar-refractivity contribution >= 4 is 114 Å². The van der Waals surface area contributed by atoms with E-state index in [0.29, 0.717) is 151 Å². The van der Waals surface area contributed by atoms with E-state index in [-0.39, 0.29) is 102 Å². The molecule has 4 saturated carbocycles. The standard InChI is InChI=1S/C26H31N7O4.3C25H29N7O4/c1-27-23-11-19(30-25-16(12-29-33(23)25)26(34)31-18-6-7-21(18)35-2)17-13-32(24-15(17)5-4-9-28-24)20-8-10-37-14-22(20)36-3;3*1-26-22-10-18(29-24-15(11-28-32(22)24)25(34)30-17-5-6-21(17)35-2)16-12-31(19-7-9-36-13-20(19)33)23-14(16)4-3-8-27-23/h4-5,9,11-13,18,20-22,27H,6-8,10,14H2,1-3H3,(H,31,34);3*3-4,8,10-12,17,19-21,26,33H,5-7,9,13H2,1-2H3,(H,30,34)/t18?,20-,21+,22-;17?,19-,20-,21-;17-,19+,20+,21-;17-,19-,20-,21-/m1010/s1. The Morgan fingerprint density at radius 1 is 0.317 bits per heavy atom. The highest BCUT2D eigenvalue weighted by atomic mass is 16.5. The summed E-state index contributed by atoms with van der Waals surface area (Å²) in [6.45, 7) is 3.82. The van der Waals surface area contributed by atoms with Crippen LogP contribution in [0.15, 0.2) is 147 Å². The molecular weight excluding hydrogens is 1860 g/mol. The molecule has 16 aromatic rings. The number of aliphatic hydroxyl groups is 3. The van der Waals surface area contributed by atoms with Crippen LogP contribution in [-0.2, 0) is 42.6 Å². The van der Waals surface area contributed by atoms with Crippen LogP contribution in [0.2, 0.25) is 0 Å². The van der Waals surface area contributed by atoms with Gasteiger partial charge in [-0.05, 0) is 126 Å². The summed E-state index contributed by atoms with van der Waals surface area (Å²) in [6.07, 6.45) is 29.7. The second-order valence-corrected chi connectivity index (χ2v) is 37.5. The van der Waals surface area contributed by atoms with Gasteiger partial charge in [0.15, 0.2) is 22.6 Å². The van der Waals surface area contributed by atoms with Crippen molar-refractivity contribution in [1.82, 2.24) is 118 Å². The van der Waals surface area contributed by atoms with E-state index in [9.17, 15) is 34.5 Å². The van der Waals surface area contributed by atoms with Gasteiger partial charge in [0, 0.05) is 208 Å². The summed E-state index contributed by atoms with van der Waals surface area (Å²) in [5, 5.41) is 78.3. The van der Waals surface area contributed by atoms with Gasteiger partial charge in [-0.3, -0.25) is 19.2 Å². The van der Waals surface area contributed by atoms with Crippen molar-refractivity contribution in [3.05, 3.63) is 169 Å². The molecule has 44 nitrogen and oxygen atoms in total. The number of nitrogens with one attached hydrogen (secondary N) is 8. The number of aliphatic hydroxyl groups excluding tert-OH is 3. The van der Waals surface area contributed by atoms with E-state index in [1.807, 2.05) is 112 Å². The summed E-state index contributed by atoms with van der Waals surface area (Å²) >= 11 is 0. The van der Waals surface area contributed by atoms with Crippen LogP contribution in [0.3, 0.4) is 0 Å². The van der Waals surface area contributed by atoms with Gasteiger partial charge in [0.25, 0.3) is 23.6 Å². The second kappa shape index (κ2) is 41.9. The molecule has 0 bridgehead atoms. The van der Waals surface area contributed by atoms with Crippen molar-refractivity contribution in [2.75, 3.05) is 138 Å². The summed E-state index contributed by atoms with van der Waals surface area (Å²) in [5.41, 5.74) is 12.9. The van der Waals surface area contributed by atoms with Gasteiger partial charge in [0.2, 0.25) is 0 Å². The summed E-state index contributed by atoms with van der Waals surface area (Å²) in [4.78, 5) is 90.8. The lowest BCUT2D eigenvalue weighted by Gasteiger charge is -2.35. The number of aromatic nitrogens is 20. The number of hydrogen-bond donors (Lipinski definition) is 11. The largest absolute Gasteiger partial charge is 0.389 e. The molecule has 4 aliphatic heterocycles. The van der Waals surface area contributed by atoms with Crippen molar-refractivity contribution in [2.24, 2.45) is 0 Å². The third kappa shape index (κ3) is 18.4. The molecule has 8 fully saturated rings. The van der Waals surface area contributed by atoms with E-state index in [1.54, 1.807) is 124 Å². The Balaban J connectivity index is 0.000000114. The van der Waals surface area contributed by atoms with Crippen molar-refractivity contribution in [2.45, 2.75) is 174 Å². The highest BCUT2D eigenvalue weighted by Crippen LogP contribution is 2.43. The average Bonchev–Trinajstić information content (AvgIpc) is 1.61. The fourth-order valence-corrected chi connectivity index (χ4v) is 20.9. The minimum absolute atomic E-state index is 0.00310. The summed E-state index contributed by atoms with van der Waals surface area (Å²) in [5.74, 6) is 1.94. The number of pyridine rings is 4. The molecule has 11 N–H and O–H groups in total. The van der Waals surface area contributed by atoms with Crippen molar-refractivity contribution < 1.29 is 77.1 Å². The molecule has 16 atom stereocenters. The number of anilines is 4. The van der Waals surface area contributed by atoms with E-state index >= 15 is 0 Å². The zero-order valence-electron chi connectivity index (χ0n) is 81.8. The van der Waals surface area contributed by atoms with Crippen LogP contribution >= 0.6 is 0 Å². The summed E-state index contributed by atoms with van der Waals surface area (Å²) < 4.78 is 64.2. The fraction of sp³-hybridized carbons (Fsp3) is 0.446. The number of nitrogens with zero attached hydrogens (tertiary/aromatic N) is 20. The quantitative estimate of drug-likeness (QED) is 0.0255. The van der Waals surface area contributed by atoms with Gasteiger partial charge in [-0.1, -0.05) is 0 Å². The maximum atomic E-state index is 13.2. The minimum atomic E-state index is -0.625. The molecule has 44 heteroatoms. The van der Waals surface area contributed by atoms with Crippen LogP contribution in [0.25, 0.3) is 112 Å². The Hall–Kier alpha value is -14.2.